The van der Waals surface area contributed by atoms with Crippen LogP contribution in [0.4, 0.5) is 0 Å². The second kappa shape index (κ2) is 2.76. The fraction of sp³-hybridized carbons (Fsp3) is 1.00. The van der Waals surface area contributed by atoms with Gasteiger partial charge in [-0.1, -0.05) is 6.92 Å². The largest absolute Gasteiger partial charge is 0.328 e. The van der Waals surface area contributed by atoms with Crippen LogP contribution in [0, 0.1) is 5.92 Å². The first kappa shape index (κ1) is 7.56. The normalized spacial score (nSPS) is 45.8. The minimum Gasteiger partial charge on any atom is -0.328 e. The molecule has 1 saturated heterocycles. The van der Waals surface area contributed by atoms with Crippen LogP contribution in [0.5, 0.6) is 0 Å². The molecule has 0 radical (unpaired) electrons. The maximum atomic E-state index is 5.74. The second-order valence-electron chi connectivity index (χ2n) is 4.27. The van der Waals surface area contributed by atoms with Crippen molar-refractivity contribution in [3.63, 3.8) is 0 Å². The molecule has 2 heteroatoms. The summed E-state index contributed by atoms with van der Waals surface area (Å²) in [5.41, 5.74) is 5.74. The third kappa shape index (κ3) is 1.42. The summed E-state index contributed by atoms with van der Waals surface area (Å²) in [6.45, 7) is 4.98. The standard InChI is InChI=1S/C9H18N2/c1-7-2-3-11(6-7)9-4-8(10)5-9/h7-9H,2-6,10H2,1H3. The molecule has 2 fully saturated rings. The Hall–Kier alpha value is -0.0800. The lowest BCUT2D eigenvalue weighted by molar-refractivity contribution is 0.134. The van der Waals surface area contributed by atoms with Crippen molar-refractivity contribution < 1.29 is 0 Å². The number of hydrogen-bond donors (Lipinski definition) is 1. The Balaban J connectivity index is 1.79. The van der Waals surface area contributed by atoms with E-state index in [2.05, 4.69) is 11.8 Å². The lowest BCUT2D eigenvalue weighted by Crippen LogP contribution is -2.49. The van der Waals surface area contributed by atoms with E-state index in [0.29, 0.717) is 6.04 Å². The fourth-order valence-electron chi connectivity index (χ4n) is 2.23. The fourth-order valence-corrected chi connectivity index (χ4v) is 2.23. The molecule has 0 aromatic rings. The molecule has 0 spiro atoms. The average Bonchev–Trinajstić information content (AvgIpc) is 2.29. The Kier molecular flexibility index (Phi) is 1.90. The van der Waals surface area contributed by atoms with E-state index in [0.717, 1.165) is 12.0 Å². The first-order chi connectivity index (χ1) is 5.25. The van der Waals surface area contributed by atoms with E-state index in [-0.39, 0.29) is 0 Å². The molecule has 64 valence electrons. The average molecular weight is 154 g/mol. The summed E-state index contributed by atoms with van der Waals surface area (Å²) in [4.78, 5) is 2.62. The molecule has 11 heavy (non-hydrogen) atoms. The van der Waals surface area contributed by atoms with Gasteiger partial charge in [-0.2, -0.15) is 0 Å². The van der Waals surface area contributed by atoms with E-state index in [1.54, 1.807) is 0 Å². The lowest BCUT2D eigenvalue weighted by Gasteiger charge is -2.39. The highest BCUT2D eigenvalue weighted by molar-refractivity contribution is 4.92. The van der Waals surface area contributed by atoms with Gasteiger partial charge in [0.1, 0.15) is 0 Å². The van der Waals surface area contributed by atoms with Gasteiger partial charge in [0.2, 0.25) is 0 Å². The van der Waals surface area contributed by atoms with Crippen LogP contribution in [-0.4, -0.2) is 30.1 Å². The zero-order valence-electron chi connectivity index (χ0n) is 7.29. The first-order valence-electron chi connectivity index (χ1n) is 4.75. The summed E-state index contributed by atoms with van der Waals surface area (Å²) >= 11 is 0. The van der Waals surface area contributed by atoms with Crippen LogP contribution >= 0.6 is 0 Å². The number of likely N-dealkylation sites (tertiary alicyclic amines) is 1. The molecule has 0 amide bonds. The van der Waals surface area contributed by atoms with Crippen LogP contribution in [0.2, 0.25) is 0 Å². The topological polar surface area (TPSA) is 29.3 Å². The first-order valence-corrected chi connectivity index (χ1v) is 4.75. The van der Waals surface area contributed by atoms with Gasteiger partial charge in [-0.05, 0) is 31.7 Å². The minimum absolute atomic E-state index is 0.510. The van der Waals surface area contributed by atoms with Crippen molar-refractivity contribution in [1.29, 1.82) is 0 Å². The summed E-state index contributed by atoms with van der Waals surface area (Å²) < 4.78 is 0. The van der Waals surface area contributed by atoms with Gasteiger partial charge in [0.25, 0.3) is 0 Å². The highest BCUT2D eigenvalue weighted by atomic mass is 15.2. The van der Waals surface area contributed by atoms with E-state index in [4.69, 9.17) is 5.73 Å². The summed E-state index contributed by atoms with van der Waals surface area (Å²) in [5, 5.41) is 0. The molecule has 0 bridgehead atoms. The Morgan fingerprint density at radius 1 is 1.36 bits per heavy atom. The van der Waals surface area contributed by atoms with Crippen LogP contribution in [0.15, 0.2) is 0 Å². The van der Waals surface area contributed by atoms with E-state index in [1.165, 1.54) is 32.4 Å². The van der Waals surface area contributed by atoms with Crippen molar-refractivity contribution in [1.82, 2.24) is 4.90 Å². The van der Waals surface area contributed by atoms with Crippen molar-refractivity contribution in [3.8, 4) is 0 Å². The molecular formula is C9H18N2. The number of hydrogen-bond acceptors (Lipinski definition) is 2. The van der Waals surface area contributed by atoms with E-state index in [1.807, 2.05) is 0 Å². The third-order valence-corrected chi connectivity index (χ3v) is 3.12. The number of nitrogens with two attached hydrogens (primary N) is 1. The van der Waals surface area contributed by atoms with Crippen molar-refractivity contribution in [3.05, 3.63) is 0 Å². The molecule has 1 aliphatic heterocycles. The molecule has 1 unspecified atom stereocenters. The van der Waals surface area contributed by atoms with Crippen molar-refractivity contribution in [2.45, 2.75) is 38.3 Å². The van der Waals surface area contributed by atoms with Crippen LogP contribution in [0.25, 0.3) is 0 Å². The van der Waals surface area contributed by atoms with Gasteiger partial charge in [-0.25, -0.2) is 0 Å². The minimum atomic E-state index is 0.510. The van der Waals surface area contributed by atoms with Gasteiger partial charge in [0.05, 0.1) is 0 Å². The van der Waals surface area contributed by atoms with E-state index in [9.17, 15) is 0 Å². The van der Waals surface area contributed by atoms with Crippen molar-refractivity contribution in [2.75, 3.05) is 13.1 Å². The maximum Gasteiger partial charge on any atom is 0.0125 e. The molecule has 2 aliphatic rings. The van der Waals surface area contributed by atoms with Crippen LogP contribution in [-0.2, 0) is 0 Å². The predicted molar refractivity (Wildman–Crippen MR) is 46.4 cm³/mol. The highest BCUT2D eigenvalue weighted by Gasteiger charge is 2.33. The number of rotatable bonds is 1. The zero-order chi connectivity index (χ0) is 7.84. The Morgan fingerprint density at radius 2 is 2.09 bits per heavy atom. The molecule has 2 nitrogen and oxygen atoms in total. The van der Waals surface area contributed by atoms with Crippen LogP contribution in [0.1, 0.15) is 26.2 Å². The molecule has 0 aromatic carbocycles. The van der Waals surface area contributed by atoms with E-state index >= 15 is 0 Å². The van der Waals surface area contributed by atoms with Crippen LogP contribution < -0.4 is 5.73 Å². The van der Waals surface area contributed by atoms with Gasteiger partial charge in [-0.15, -0.1) is 0 Å². The summed E-state index contributed by atoms with van der Waals surface area (Å²) in [6, 6.07) is 1.35. The highest BCUT2D eigenvalue weighted by Crippen LogP contribution is 2.28. The lowest BCUT2D eigenvalue weighted by atomic mass is 9.86. The molecular weight excluding hydrogens is 136 g/mol. The maximum absolute atomic E-state index is 5.74. The molecule has 2 rings (SSSR count). The van der Waals surface area contributed by atoms with Crippen molar-refractivity contribution >= 4 is 0 Å². The van der Waals surface area contributed by atoms with E-state index < -0.39 is 0 Å². The predicted octanol–water partition coefficient (Wildman–Crippen LogP) is 0.818. The Bertz CT molecular complexity index is 140. The monoisotopic (exact) mass is 154 g/mol. The Labute approximate surface area is 68.7 Å². The molecule has 1 aliphatic carbocycles. The zero-order valence-corrected chi connectivity index (χ0v) is 7.29. The molecule has 1 atom stereocenters. The smallest absolute Gasteiger partial charge is 0.0125 e. The molecule has 2 N–H and O–H groups in total. The van der Waals surface area contributed by atoms with Crippen LogP contribution in [0.3, 0.4) is 0 Å². The van der Waals surface area contributed by atoms with Crippen molar-refractivity contribution in [2.24, 2.45) is 11.7 Å². The summed E-state index contributed by atoms with van der Waals surface area (Å²) in [6.07, 6.45) is 3.88. The van der Waals surface area contributed by atoms with Gasteiger partial charge in [-0.3, -0.25) is 4.90 Å². The summed E-state index contributed by atoms with van der Waals surface area (Å²) in [7, 11) is 0. The van der Waals surface area contributed by atoms with Gasteiger partial charge < -0.3 is 5.73 Å². The van der Waals surface area contributed by atoms with Gasteiger partial charge in [0.15, 0.2) is 0 Å². The second-order valence-corrected chi connectivity index (χ2v) is 4.27. The quantitative estimate of drug-likeness (QED) is 0.606. The SMILES string of the molecule is CC1CCN(C2CC(N)C2)C1. The van der Waals surface area contributed by atoms with Gasteiger partial charge >= 0.3 is 0 Å². The molecule has 0 aromatic heterocycles. The van der Waals surface area contributed by atoms with Gasteiger partial charge in [0, 0.05) is 18.6 Å². The number of nitrogens with zero attached hydrogens (tertiary/aromatic N) is 1. The molecule has 1 heterocycles. The Morgan fingerprint density at radius 3 is 2.55 bits per heavy atom. The molecule has 1 saturated carbocycles. The summed E-state index contributed by atoms with van der Waals surface area (Å²) in [5.74, 6) is 0.923. The third-order valence-electron chi connectivity index (χ3n) is 3.12.